The van der Waals surface area contributed by atoms with Crippen molar-refractivity contribution >= 4 is 18.0 Å². The highest BCUT2D eigenvalue weighted by Gasteiger charge is 2.38. The summed E-state index contributed by atoms with van der Waals surface area (Å²) in [5.41, 5.74) is 1.38. The van der Waals surface area contributed by atoms with Gasteiger partial charge in [0, 0.05) is 18.0 Å². The highest BCUT2D eigenvalue weighted by Crippen LogP contribution is 2.32. The van der Waals surface area contributed by atoms with Crippen molar-refractivity contribution < 1.29 is 22.7 Å². The van der Waals surface area contributed by atoms with Crippen LogP contribution >= 0.6 is 0 Å². The SMILES string of the molecule is Cc1cc([C@H](C)Nc2ncnc(N3C(=O)OC[C@@H]3C(C)C)n2)ncc1-c1ccnc(C(F)(F)F)c1. The lowest BCUT2D eigenvalue weighted by atomic mass is 10.0. The van der Waals surface area contributed by atoms with Crippen LogP contribution in [0.3, 0.4) is 0 Å². The normalized spacial score (nSPS) is 17.0. The second-order valence-electron chi connectivity index (χ2n) is 8.58. The predicted octanol–water partition coefficient (Wildman–Crippen LogP) is 4.81. The maximum Gasteiger partial charge on any atom is 0.433 e. The van der Waals surface area contributed by atoms with Crippen LogP contribution in [0.2, 0.25) is 0 Å². The maximum atomic E-state index is 13.0. The number of aryl methyl sites for hydroxylation is 1. The van der Waals surface area contributed by atoms with Crippen molar-refractivity contribution in [1.82, 2.24) is 24.9 Å². The zero-order chi connectivity index (χ0) is 25.3. The van der Waals surface area contributed by atoms with Gasteiger partial charge < -0.3 is 10.1 Å². The van der Waals surface area contributed by atoms with E-state index in [4.69, 9.17) is 4.74 Å². The molecular weight excluding hydrogens is 463 g/mol. The Labute approximate surface area is 199 Å². The fraction of sp³-hybridized carbons (Fsp3) is 0.391. The van der Waals surface area contributed by atoms with E-state index >= 15 is 0 Å². The predicted molar refractivity (Wildman–Crippen MR) is 122 cm³/mol. The Morgan fingerprint density at radius 1 is 1.14 bits per heavy atom. The number of ether oxygens (including phenoxy) is 1. The van der Waals surface area contributed by atoms with E-state index in [1.165, 1.54) is 23.5 Å². The molecule has 4 heterocycles. The van der Waals surface area contributed by atoms with E-state index in [1.807, 2.05) is 20.8 Å². The van der Waals surface area contributed by atoms with Crippen LogP contribution in [0.15, 0.2) is 36.9 Å². The number of amides is 1. The van der Waals surface area contributed by atoms with Crippen LogP contribution < -0.4 is 10.2 Å². The van der Waals surface area contributed by atoms with Crippen molar-refractivity contribution in [3.63, 3.8) is 0 Å². The summed E-state index contributed by atoms with van der Waals surface area (Å²) in [7, 11) is 0. The number of rotatable bonds is 6. The van der Waals surface area contributed by atoms with E-state index in [0.29, 0.717) is 16.8 Å². The molecule has 1 saturated heterocycles. The molecule has 1 aliphatic rings. The molecule has 0 bridgehead atoms. The molecule has 1 fully saturated rings. The van der Waals surface area contributed by atoms with Gasteiger partial charge in [-0.2, -0.15) is 18.2 Å². The van der Waals surface area contributed by atoms with Crippen molar-refractivity contribution in [2.75, 3.05) is 16.8 Å². The molecule has 4 rings (SSSR count). The van der Waals surface area contributed by atoms with Crippen LogP contribution in [0.4, 0.5) is 29.9 Å². The number of hydrogen-bond donors (Lipinski definition) is 1. The molecule has 1 amide bonds. The molecule has 35 heavy (non-hydrogen) atoms. The van der Waals surface area contributed by atoms with Crippen LogP contribution in [0.1, 0.15) is 43.8 Å². The van der Waals surface area contributed by atoms with Crippen LogP contribution in [0, 0.1) is 12.8 Å². The standard InChI is InChI=1S/C23H24F3N7O2/c1-12(2)18-10-35-22(34)33(18)21-30-11-29-20(32-21)31-14(4)17-7-13(3)16(9-28-17)15-5-6-27-19(8-15)23(24,25)26/h5-9,11-12,14,18H,10H2,1-4H3,(H,29,30,31,32)/t14-,18+/m0/s1. The fourth-order valence-electron chi connectivity index (χ4n) is 3.77. The monoisotopic (exact) mass is 487 g/mol. The molecule has 0 aromatic carbocycles. The van der Waals surface area contributed by atoms with E-state index in [0.717, 1.165) is 17.8 Å². The molecule has 0 radical (unpaired) electrons. The summed E-state index contributed by atoms with van der Waals surface area (Å²) in [6.07, 6.45) is -1.06. The minimum atomic E-state index is -4.53. The van der Waals surface area contributed by atoms with Gasteiger partial charge in [0.15, 0.2) is 0 Å². The molecule has 3 aromatic rings. The summed E-state index contributed by atoms with van der Waals surface area (Å²) in [4.78, 5) is 34.1. The molecule has 0 unspecified atom stereocenters. The van der Waals surface area contributed by atoms with Crippen LogP contribution in [0.5, 0.6) is 0 Å². The van der Waals surface area contributed by atoms with E-state index in [9.17, 15) is 18.0 Å². The highest BCUT2D eigenvalue weighted by atomic mass is 19.4. The number of nitrogens with one attached hydrogen (secondary N) is 1. The zero-order valence-electron chi connectivity index (χ0n) is 19.5. The van der Waals surface area contributed by atoms with Crippen LogP contribution in [-0.4, -0.2) is 43.7 Å². The van der Waals surface area contributed by atoms with Gasteiger partial charge in [0.25, 0.3) is 0 Å². The number of anilines is 2. The Bertz CT molecular complexity index is 1240. The average molecular weight is 487 g/mol. The average Bonchev–Trinajstić information content (AvgIpc) is 3.20. The number of pyridine rings is 2. The third-order valence-corrected chi connectivity index (χ3v) is 5.73. The topological polar surface area (TPSA) is 106 Å². The highest BCUT2D eigenvalue weighted by molar-refractivity contribution is 5.88. The molecule has 1 N–H and O–H groups in total. The summed E-state index contributed by atoms with van der Waals surface area (Å²) in [6.45, 7) is 7.87. The van der Waals surface area contributed by atoms with Crippen molar-refractivity contribution in [3.8, 4) is 11.1 Å². The molecule has 0 spiro atoms. The lowest BCUT2D eigenvalue weighted by Crippen LogP contribution is -2.38. The number of carbonyl (C=O) groups is 1. The van der Waals surface area contributed by atoms with Crippen LogP contribution in [0.25, 0.3) is 11.1 Å². The van der Waals surface area contributed by atoms with Gasteiger partial charge in [-0.3, -0.25) is 9.97 Å². The molecule has 184 valence electrons. The van der Waals surface area contributed by atoms with Gasteiger partial charge in [0.05, 0.1) is 17.8 Å². The molecule has 9 nitrogen and oxygen atoms in total. The second-order valence-corrected chi connectivity index (χ2v) is 8.58. The van der Waals surface area contributed by atoms with Gasteiger partial charge in [0.2, 0.25) is 11.9 Å². The third-order valence-electron chi connectivity index (χ3n) is 5.73. The van der Waals surface area contributed by atoms with Gasteiger partial charge >= 0.3 is 12.3 Å². The molecule has 12 heteroatoms. The van der Waals surface area contributed by atoms with Crippen molar-refractivity contribution in [1.29, 1.82) is 0 Å². The molecule has 2 atom stereocenters. The minimum Gasteiger partial charge on any atom is -0.447 e. The van der Waals surface area contributed by atoms with Gasteiger partial charge in [-0.1, -0.05) is 13.8 Å². The number of nitrogens with zero attached hydrogens (tertiary/aromatic N) is 6. The Morgan fingerprint density at radius 3 is 2.60 bits per heavy atom. The fourth-order valence-corrected chi connectivity index (χ4v) is 3.77. The van der Waals surface area contributed by atoms with Crippen molar-refractivity contribution in [2.24, 2.45) is 5.92 Å². The smallest absolute Gasteiger partial charge is 0.433 e. The summed E-state index contributed by atoms with van der Waals surface area (Å²) < 4.78 is 44.3. The van der Waals surface area contributed by atoms with Crippen molar-refractivity contribution in [3.05, 3.63) is 53.9 Å². The summed E-state index contributed by atoms with van der Waals surface area (Å²) in [5.74, 6) is 0.581. The molecular formula is C23H24F3N7O2. The van der Waals surface area contributed by atoms with Gasteiger partial charge in [-0.05, 0) is 49.1 Å². The Balaban J connectivity index is 1.54. The molecule has 0 saturated carbocycles. The van der Waals surface area contributed by atoms with Gasteiger partial charge in [-0.15, -0.1) is 0 Å². The number of halogens is 3. The summed E-state index contributed by atoms with van der Waals surface area (Å²) >= 11 is 0. The number of hydrogen-bond acceptors (Lipinski definition) is 8. The minimum absolute atomic E-state index is 0.145. The molecule has 0 aliphatic carbocycles. The lowest BCUT2D eigenvalue weighted by Gasteiger charge is -2.22. The van der Waals surface area contributed by atoms with E-state index < -0.39 is 18.0 Å². The Kier molecular flexibility index (Phi) is 6.55. The first kappa shape index (κ1) is 24.3. The second kappa shape index (κ2) is 9.43. The third kappa shape index (κ3) is 5.15. The summed E-state index contributed by atoms with van der Waals surface area (Å²) in [5, 5.41) is 3.13. The first-order valence-corrected chi connectivity index (χ1v) is 11.0. The quantitative estimate of drug-likeness (QED) is 0.528. The van der Waals surface area contributed by atoms with Gasteiger partial charge in [-0.25, -0.2) is 19.7 Å². The zero-order valence-corrected chi connectivity index (χ0v) is 19.5. The van der Waals surface area contributed by atoms with Crippen molar-refractivity contribution in [2.45, 2.75) is 46.0 Å². The molecule has 3 aromatic heterocycles. The Hall–Kier alpha value is -3.83. The number of carbonyl (C=O) groups excluding carboxylic acids is 1. The first-order chi connectivity index (χ1) is 16.5. The first-order valence-electron chi connectivity index (χ1n) is 11.0. The van der Waals surface area contributed by atoms with Crippen LogP contribution in [-0.2, 0) is 10.9 Å². The Morgan fingerprint density at radius 2 is 1.91 bits per heavy atom. The van der Waals surface area contributed by atoms with E-state index in [2.05, 4.69) is 30.2 Å². The number of aromatic nitrogens is 5. The van der Waals surface area contributed by atoms with Gasteiger partial charge in [0.1, 0.15) is 18.6 Å². The van der Waals surface area contributed by atoms with E-state index in [-0.39, 0.29) is 36.5 Å². The molecule has 1 aliphatic heterocycles. The van der Waals surface area contributed by atoms with E-state index in [1.54, 1.807) is 13.0 Å². The lowest BCUT2D eigenvalue weighted by molar-refractivity contribution is -0.141. The number of cyclic esters (lactones) is 1. The summed E-state index contributed by atoms with van der Waals surface area (Å²) in [6, 6.07) is 3.78. The number of alkyl halides is 3. The largest absolute Gasteiger partial charge is 0.447 e. The maximum absolute atomic E-state index is 13.0.